The molecule has 0 unspecified atom stereocenters. The number of nitrogens with one attached hydrogen (secondary N) is 1. The normalized spacial score (nSPS) is 12.0. The van der Waals surface area contributed by atoms with E-state index >= 15 is 0 Å². The summed E-state index contributed by atoms with van der Waals surface area (Å²) >= 11 is 1.46. The maximum absolute atomic E-state index is 11.9. The van der Waals surface area contributed by atoms with E-state index in [0.717, 1.165) is 15.5 Å². The number of benzene rings is 3. The maximum atomic E-state index is 11.9. The number of nitro groups is 1. The zero-order valence-electron chi connectivity index (χ0n) is 15.9. The van der Waals surface area contributed by atoms with Crippen molar-refractivity contribution in [3.05, 3.63) is 76.3 Å². The number of ether oxygens (including phenoxy) is 1. The summed E-state index contributed by atoms with van der Waals surface area (Å²) in [6, 6.07) is 17.0. The smallest absolute Gasteiger partial charge is 0.337 e. The highest BCUT2D eigenvalue weighted by Crippen LogP contribution is 2.50. The lowest BCUT2D eigenvalue weighted by Crippen LogP contribution is -2.29. The molecule has 3 aromatic rings. The highest BCUT2D eigenvalue weighted by atomic mass is 32.2. The summed E-state index contributed by atoms with van der Waals surface area (Å²) in [5, 5.41) is 24.2. The van der Waals surface area contributed by atoms with Gasteiger partial charge in [-0.05, 0) is 36.4 Å². The van der Waals surface area contributed by atoms with Gasteiger partial charge in [-0.3, -0.25) is 10.1 Å². The van der Waals surface area contributed by atoms with Crippen molar-refractivity contribution >= 4 is 40.5 Å². The quantitative estimate of drug-likeness (QED) is 0.423. The van der Waals surface area contributed by atoms with Gasteiger partial charge in [-0.15, -0.1) is 0 Å². The molecule has 0 bridgehead atoms. The van der Waals surface area contributed by atoms with Gasteiger partial charge in [-0.2, -0.15) is 0 Å². The molecular formula is C21H17N3O5S. The summed E-state index contributed by atoms with van der Waals surface area (Å²) in [6.07, 6.45) is 0. The molecule has 0 atom stereocenters. The summed E-state index contributed by atoms with van der Waals surface area (Å²) < 4.78 is 5.32. The first-order valence-electron chi connectivity index (χ1n) is 8.96. The van der Waals surface area contributed by atoms with Crippen LogP contribution in [0.4, 0.5) is 22.7 Å². The molecule has 0 fully saturated rings. The Labute approximate surface area is 176 Å². The fourth-order valence-electron chi connectivity index (χ4n) is 3.33. The molecule has 0 saturated heterocycles. The SMILES string of the molecule is COc1ccc2c(c1)Sc1cccc(C(=O)O)c1N2CNc1ccccc1[N+](=O)[O-]. The Balaban J connectivity index is 1.79. The van der Waals surface area contributed by atoms with Crippen LogP contribution in [0.3, 0.4) is 0 Å². The standard InChI is InChI=1S/C21H17N3O5S/c1-29-13-9-10-17-19(11-13)30-18-8-4-5-14(21(25)26)20(18)23(17)12-22-15-6-2-3-7-16(15)24(27)28/h2-11,22H,12H2,1H3,(H,25,26). The zero-order valence-corrected chi connectivity index (χ0v) is 16.7. The van der Waals surface area contributed by atoms with E-state index < -0.39 is 10.9 Å². The minimum absolute atomic E-state index is 0.0504. The monoisotopic (exact) mass is 423 g/mol. The maximum Gasteiger partial charge on any atom is 0.337 e. The van der Waals surface area contributed by atoms with Crippen molar-refractivity contribution in [1.29, 1.82) is 0 Å². The molecule has 0 saturated carbocycles. The lowest BCUT2D eigenvalue weighted by Gasteiger charge is -2.34. The Morgan fingerprint density at radius 1 is 1.17 bits per heavy atom. The van der Waals surface area contributed by atoms with Crippen LogP contribution in [0, 0.1) is 10.1 Å². The van der Waals surface area contributed by atoms with Crippen molar-refractivity contribution in [2.75, 3.05) is 24.0 Å². The van der Waals surface area contributed by atoms with E-state index in [9.17, 15) is 20.0 Å². The van der Waals surface area contributed by atoms with Gasteiger partial charge in [0.05, 0.1) is 35.6 Å². The van der Waals surface area contributed by atoms with E-state index in [2.05, 4.69) is 5.32 Å². The molecule has 1 heterocycles. The highest BCUT2D eigenvalue weighted by molar-refractivity contribution is 7.99. The van der Waals surface area contributed by atoms with Gasteiger partial charge in [0, 0.05) is 15.9 Å². The van der Waals surface area contributed by atoms with Crippen LogP contribution in [0.5, 0.6) is 5.75 Å². The Bertz CT molecular complexity index is 1150. The van der Waals surface area contributed by atoms with Gasteiger partial charge in [0.1, 0.15) is 11.4 Å². The van der Waals surface area contributed by atoms with E-state index in [0.29, 0.717) is 17.1 Å². The lowest BCUT2D eigenvalue weighted by molar-refractivity contribution is -0.384. The van der Waals surface area contributed by atoms with Crippen molar-refractivity contribution < 1.29 is 19.6 Å². The first kappa shape index (κ1) is 19.6. The van der Waals surface area contributed by atoms with E-state index in [4.69, 9.17) is 4.74 Å². The van der Waals surface area contributed by atoms with Crippen molar-refractivity contribution in [2.24, 2.45) is 0 Å². The van der Waals surface area contributed by atoms with Crippen molar-refractivity contribution in [2.45, 2.75) is 9.79 Å². The van der Waals surface area contributed by atoms with Crippen LogP contribution < -0.4 is 15.0 Å². The van der Waals surface area contributed by atoms with Gasteiger partial charge in [0.25, 0.3) is 5.69 Å². The number of carboxylic acid groups (broad SMARTS) is 1. The van der Waals surface area contributed by atoms with Crippen LogP contribution in [0.25, 0.3) is 0 Å². The summed E-state index contributed by atoms with van der Waals surface area (Å²) in [7, 11) is 1.58. The number of aromatic carboxylic acids is 1. The summed E-state index contributed by atoms with van der Waals surface area (Å²) in [5.41, 5.74) is 1.79. The number of hydrogen-bond acceptors (Lipinski definition) is 7. The van der Waals surface area contributed by atoms with Crippen LogP contribution in [0.15, 0.2) is 70.5 Å². The summed E-state index contributed by atoms with van der Waals surface area (Å²) in [6.45, 7) is 0.141. The molecule has 0 amide bonds. The molecule has 0 aromatic heterocycles. The molecule has 0 spiro atoms. The third kappa shape index (κ3) is 3.50. The van der Waals surface area contributed by atoms with Crippen LogP contribution >= 0.6 is 11.8 Å². The number of nitrogens with zero attached hydrogens (tertiary/aromatic N) is 2. The predicted molar refractivity (Wildman–Crippen MR) is 114 cm³/mol. The second-order valence-corrected chi connectivity index (χ2v) is 7.51. The average Bonchev–Trinajstić information content (AvgIpc) is 2.75. The molecular weight excluding hydrogens is 406 g/mol. The molecule has 8 nitrogen and oxygen atoms in total. The van der Waals surface area contributed by atoms with E-state index in [1.54, 1.807) is 43.5 Å². The molecule has 4 rings (SSSR count). The molecule has 9 heteroatoms. The van der Waals surface area contributed by atoms with Gasteiger partial charge in [-0.25, -0.2) is 4.79 Å². The van der Waals surface area contributed by atoms with Crippen LogP contribution in [0.1, 0.15) is 10.4 Å². The molecule has 30 heavy (non-hydrogen) atoms. The largest absolute Gasteiger partial charge is 0.497 e. The van der Waals surface area contributed by atoms with Gasteiger partial charge in [0.15, 0.2) is 0 Å². The predicted octanol–water partition coefficient (Wildman–Crippen LogP) is 4.97. The number of fused-ring (bicyclic) bond motifs is 2. The van der Waals surface area contributed by atoms with Gasteiger partial charge in [-0.1, -0.05) is 30.0 Å². The van der Waals surface area contributed by atoms with Crippen LogP contribution in [0.2, 0.25) is 0 Å². The van der Waals surface area contributed by atoms with Crippen LogP contribution in [-0.2, 0) is 0 Å². The fourth-order valence-corrected chi connectivity index (χ4v) is 4.49. The number of rotatable bonds is 6. The molecule has 1 aliphatic rings. The number of para-hydroxylation sites is 3. The van der Waals surface area contributed by atoms with E-state index in [1.807, 2.05) is 23.1 Å². The van der Waals surface area contributed by atoms with Gasteiger partial charge >= 0.3 is 5.97 Å². The first-order valence-corrected chi connectivity index (χ1v) is 9.78. The van der Waals surface area contributed by atoms with Crippen molar-refractivity contribution in [1.82, 2.24) is 0 Å². The molecule has 152 valence electrons. The van der Waals surface area contributed by atoms with E-state index in [-0.39, 0.29) is 17.9 Å². The summed E-state index contributed by atoms with van der Waals surface area (Å²) in [5.74, 6) is -0.356. The van der Waals surface area contributed by atoms with Crippen LogP contribution in [-0.4, -0.2) is 29.8 Å². The molecule has 2 N–H and O–H groups in total. The molecule has 0 aliphatic carbocycles. The Morgan fingerprint density at radius 3 is 2.70 bits per heavy atom. The van der Waals surface area contributed by atoms with Gasteiger partial charge < -0.3 is 20.1 Å². The number of carbonyl (C=O) groups is 1. The number of carboxylic acids is 1. The molecule has 3 aromatic carbocycles. The number of nitro benzene ring substituents is 1. The molecule has 1 aliphatic heterocycles. The minimum atomic E-state index is -1.04. The lowest BCUT2D eigenvalue weighted by atomic mass is 10.1. The first-order chi connectivity index (χ1) is 14.5. The van der Waals surface area contributed by atoms with Crippen molar-refractivity contribution in [3.63, 3.8) is 0 Å². The third-order valence-electron chi connectivity index (χ3n) is 4.71. The number of anilines is 3. The Hall–Kier alpha value is -3.72. The topological polar surface area (TPSA) is 105 Å². The Kier molecular flexibility index (Phi) is 5.20. The minimum Gasteiger partial charge on any atom is -0.497 e. The average molecular weight is 423 g/mol. The Morgan fingerprint density at radius 2 is 1.97 bits per heavy atom. The number of hydrogen-bond donors (Lipinski definition) is 2. The van der Waals surface area contributed by atoms with Crippen molar-refractivity contribution in [3.8, 4) is 5.75 Å². The zero-order chi connectivity index (χ0) is 21.3. The van der Waals surface area contributed by atoms with Gasteiger partial charge in [0.2, 0.25) is 0 Å². The second-order valence-electron chi connectivity index (χ2n) is 6.43. The number of methoxy groups -OCH3 is 1. The van der Waals surface area contributed by atoms with E-state index in [1.165, 1.54) is 17.8 Å². The second kappa shape index (κ2) is 7.96. The molecule has 0 radical (unpaired) electrons. The third-order valence-corrected chi connectivity index (χ3v) is 5.80. The summed E-state index contributed by atoms with van der Waals surface area (Å²) in [4.78, 5) is 26.3. The highest BCUT2D eigenvalue weighted by Gasteiger charge is 2.28. The fraction of sp³-hybridized carbons (Fsp3) is 0.0952.